The Morgan fingerprint density at radius 1 is 0.512 bits per heavy atom. The second-order valence-electron chi connectivity index (χ2n) is 12.7. The smallest absolute Gasteiger partial charge is 0.402 e. The van der Waals surface area contributed by atoms with E-state index in [0.29, 0.717) is 17.2 Å². The topological polar surface area (TPSA) is 52.6 Å². The van der Waals surface area contributed by atoms with E-state index in [1.54, 1.807) is 24.3 Å². The lowest BCUT2D eigenvalue weighted by atomic mass is 9.75. The Hall–Kier alpha value is -3.78. The zero-order chi connectivity index (χ0) is 31.8. The third-order valence-corrected chi connectivity index (χ3v) is 9.04. The molecule has 0 radical (unpaired) electrons. The Bertz CT molecular complexity index is 1650. The van der Waals surface area contributed by atoms with Crippen molar-refractivity contribution in [2.75, 3.05) is 0 Å². The first-order valence-corrected chi connectivity index (χ1v) is 15.4. The molecule has 0 N–H and O–H groups in total. The van der Waals surface area contributed by atoms with Gasteiger partial charge in [-0.05, 0) is 110 Å². The molecule has 0 aliphatic heterocycles. The van der Waals surface area contributed by atoms with Crippen LogP contribution in [0.25, 0.3) is 0 Å². The van der Waals surface area contributed by atoms with Gasteiger partial charge >= 0.3 is 6.18 Å². The molecule has 0 saturated carbocycles. The van der Waals surface area contributed by atoms with E-state index in [9.17, 15) is 21.6 Å². The molecular weight excluding hydrogens is 573 g/mol. The fraction of sp³-hybridized carbons (Fsp3) is 0.314. The molecule has 0 bridgehead atoms. The summed E-state index contributed by atoms with van der Waals surface area (Å²) in [6.07, 6.45) is -4.57. The van der Waals surface area contributed by atoms with Crippen LogP contribution in [0.3, 0.4) is 0 Å². The van der Waals surface area contributed by atoms with Crippen molar-refractivity contribution in [1.82, 2.24) is 0 Å². The number of ether oxygens (including phenoxy) is 2. The van der Waals surface area contributed by atoms with Crippen LogP contribution in [0, 0.1) is 0 Å². The fourth-order valence-electron chi connectivity index (χ4n) is 4.65. The summed E-state index contributed by atoms with van der Waals surface area (Å²) in [5.74, 6) is 1.15. The summed E-state index contributed by atoms with van der Waals surface area (Å²) < 4.78 is 81.4. The van der Waals surface area contributed by atoms with Crippen LogP contribution >= 0.6 is 0 Å². The maximum Gasteiger partial charge on any atom is 0.402 e. The largest absolute Gasteiger partial charge is 0.488 e. The molecule has 4 aromatic carbocycles. The van der Waals surface area contributed by atoms with Crippen LogP contribution in [0.5, 0.6) is 17.2 Å². The van der Waals surface area contributed by atoms with Gasteiger partial charge in [0.25, 0.3) is 0 Å². The predicted molar refractivity (Wildman–Crippen MR) is 163 cm³/mol. The van der Waals surface area contributed by atoms with Crippen molar-refractivity contribution in [2.45, 2.75) is 80.9 Å². The molecule has 1 atom stereocenters. The van der Waals surface area contributed by atoms with Crippen LogP contribution in [0.2, 0.25) is 0 Å². The van der Waals surface area contributed by atoms with Crippen molar-refractivity contribution >= 4 is 9.84 Å². The van der Waals surface area contributed by atoms with Crippen LogP contribution in [-0.4, -0.2) is 20.2 Å². The van der Waals surface area contributed by atoms with E-state index in [1.165, 1.54) is 60.7 Å². The zero-order valence-electron chi connectivity index (χ0n) is 25.4. The number of rotatable bonds is 7. The van der Waals surface area contributed by atoms with Gasteiger partial charge in [-0.3, -0.25) is 0 Å². The monoisotopic (exact) mass is 610 g/mol. The fourth-order valence-corrected chi connectivity index (χ4v) is 5.91. The van der Waals surface area contributed by atoms with Gasteiger partial charge in [-0.25, -0.2) is 8.42 Å². The maximum atomic E-state index is 14.5. The lowest BCUT2D eigenvalue weighted by Crippen LogP contribution is -2.40. The molecule has 4 rings (SSSR count). The highest BCUT2D eigenvalue weighted by molar-refractivity contribution is 7.91. The quantitative estimate of drug-likeness (QED) is 0.209. The normalized spacial score (nSPS) is 14.2. The molecule has 0 saturated heterocycles. The highest BCUT2D eigenvalue weighted by Gasteiger charge is 2.53. The van der Waals surface area contributed by atoms with Crippen LogP contribution in [0.4, 0.5) is 13.2 Å². The molecule has 0 spiro atoms. The molecule has 1 unspecified atom stereocenters. The molecule has 0 aliphatic carbocycles. The number of benzene rings is 4. The third-order valence-electron chi connectivity index (χ3n) is 7.25. The lowest BCUT2D eigenvalue weighted by molar-refractivity contribution is -0.173. The van der Waals surface area contributed by atoms with Gasteiger partial charge in [0, 0.05) is 0 Å². The minimum absolute atomic E-state index is 0.0516. The van der Waals surface area contributed by atoms with Gasteiger partial charge in [0.1, 0.15) is 28.3 Å². The Morgan fingerprint density at radius 3 is 1.23 bits per heavy atom. The minimum atomic E-state index is -4.57. The van der Waals surface area contributed by atoms with E-state index in [-0.39, 0.29) is 26.3 Å². The number of hydrogen-bond acceptors (Lipinski definition) is 4. The van der Waals surface area contributed by atoms with Gasteiger partial charge < -0.3 is 9.47 Å². The van der Waals surface area contributed by atoms with Crippen molar-refractivity contribution in [3.05, 3.63) is 114 Å². The molecule has 228 valence electrons. The standard InChI is InChI=1S/C35H37F3O4S/c1-32(2,3)24-12-20-30(21-13-24)43(39,40)31-22-18-28(19-23-31)41-27-14-8-25(9-15-27)34(7,35(36,37)38)26-10-16-29(17-11-26)42-33(4,5)6/h8-23H,1-7H3. The molecule has 0 aliphatic rings. The van der Waals surface area contributed by atoms with E-state index < -0.39 is 27.0 Å². The molecule has 4 aromatic rings. The molecule has 0 heterocycles. The maximum absolute atomic E-state index is 14.5. The third kappa shape index (κ3) is 7.07. The molecule has 0 amide bonds. The first-order valence-electron chi connectivity index (χ1n) is 13.9. The predicted octanol–water partition coefficient (Wildman–Crippen LogP) is 9.65. The summed E-state index contributed by atoms with van der Waals surface area (Å²) >= 11 is 0. The Balaban J connectivity index is 1.53. The summed E-state index contributed by atoms with van der Waals surface area (Å²) in [6.45, 7) is 12.9. The Morgan fingerprint density at radius 2 is 0.860 bits per heavy atom. The first kappa shape index (κ1) is 32.1. The van der Waals surface area contributed by atoms with Crippen molar-refractivity contribution in [1.29, 1.82) is 0 Å². The number of hydrogen-bond donors (Lipinski definition) is 0. The molecular formula is C35H37F3O4S. The summed E-state index contributed by atoms with van der Waals surface area (Å²) in [7, 11) is -3.74. The Labute approximate surface area is 252 Å². The molecule has 0 aromatic heterocycles. The van der Waals surface area contributed by atoms with Crippen LogP contribution in [0.15, 0.2) is 107 Å². The average molecular weight is 611 g/mol. The summed E-state index contributed by atoms with van der Waals surface area (Å²) in [5, 5.41) is 0. The van der Waals surface area contributed by atoms with Crippen molar-refractivity contribution < 1.29 is 31.1 Å². The van der Waals surface area contributed by atoms with Crippen molar-refractivity contribution in [3.63, 3.8) is 0 Å². The van der Waals surface area contributed by atoms with E-state index in [1.807, 2.05) is 32.9 Å². The summed E-state index contributed by atoms with van der Waals surface area (Å²) in [5.41, 5.74) is -1.68. The van der Waals surface area contributed by atoms with Gasteiger partial charge in [-0.2, -0.15) is 13.2 Å². The SMILES string of the molecule is CC(C)(C)Oc1ccc(C(C)(c2ccc(Oc3ccc(S(=O)(=O)c4ccc(C(C)(C)C)cc4)cc3)cc2)C(F)(F)F)cc1. The highest BCUT2D eigenvalue weighted by Crippen LogP contribution is 2.47. The van der Waals surface area contributed by atoms with Crippen LogP contribution < -0.4 is 9.47 Å². The lowest BCUT2D eigenvalue weighted by Gasteiger charge is -2.33. The second kappa shape index (κ2) is 11.4. The number of halogens is 3. The van der Waals surface area contributed by atoms with E-state index in [2.05, 4.69) is 20.8 Å². The molecule has 43 heavy (non-hydrogen) atoms. The summed E-state index contributed by atoms with van der Waals surface area (Å²) in [6, 6.07) is 24.5. The average Bonchev–Trinajstić information content (AvgIpc) is 2.92. The van der Waals surface area contributed by atoms with Crippen LogP contribution in [0.1, 0.15) is 65.2 Å². The van der Waals surface area contributed by atoms with Gasteiger partial charge in [-0.1, -0.05) is 57.2 Å². The van der Waals surface area contributed by atoms with Crippen molar-refractivity contribution in [2.24, 2.45) is 0 Å². The van der Waals surface area contributed by atoms with Gasteiger partial charge in [-0.15, -0.1) is 0 Å². The van der Waals surface area contributed by atoms with Gasteiger partial charge in [0.05, 0.1) is 9.79 Å². The van der Waals surface area contributed by atoms with Crippen LogP contribution in [-0.2, 0) is 20.7 Å². The zero-order valence-corrected chi connectivity index (χ0v) is 26.2. The van der Waals surface area contributed by atoms with E-state index in [4.69, 9.17) is 9.47 Å². The second-order valence-corrected chi connectivity index (χ2v) is 14.7. The Kier molecular flexibility index (Phi) is 8.50. The van der Waals surface area contributed by atoms with Gasteiger partial charge in [0.2, 0.25) is 9.84 Å². The number of sulfone groups is 1. The minimum Gasteiger partial charge on any atom is -0.488 e. The first-order chi connectivity index (χ1) is 19.8. The highest BCUT2D eigenvalue weighted by atomic mass is 32.2. The molecule has 4 nitrogen and oxygen atoms in total. The number of alkyl halides is 3. The van der Waals surface area contributed by atoms with Gasteiger partial charge in [0.15, 0.2) is 0 Å². The van der Waals surface area contributed by atoms with Crippen molar-refractivity contribution in [3.8, 4) is 17.2 Å². The molecule has 0 fully saturated rings. The summed E-state index contributed by atoms with van der Waals surface area (Å²) in [4.78, 5) is 0.299. The molecule has 8 heteroatoms. The van der Waals surface area contributed by atoms with E-state index >= 15 is 0 Å². The van der Waals surface area contributed by atoms with E-state index in [0.717, 1.165) is 12.5 Å².